The molecule has 1 aromatic heterocycles. The van der Waals surface area contributed by atoms with E-state index in [0.717, 1.165) is 35.1 Å². The number of nitrogens with one attached hydrogen (secondary N) is 1. The van der Waals surface area contributed by atoms with Crippen LogP contribution in [0.25, 0.3) is 10.9 Å². The molecule has 1 aliphatic rings. The van der Waals surface area contributed by atoms with E-state index in [1.807, 2.05) is 48.0 Å². The van der Waals surface area contributed by atoms with Crippen LogP contribution in [0.2, 0.25) is 0 Å². The number of carbonyl (C=O) groups excluding carboxylic acids is 1. The van der Waals surface area contributed by atoms with Crippen molar-refractivity contribution in [2.45, 2.75) is 37.2 Å². The number of ether oxygens (including phenoxy) is 1. The van der Waals surface area contributed by atoms with E-state index in [9.17, 15) is 13.2 Å². The van der Waals surface area contributed by atoms with Crippen LogP contribution in [0.15, 0.2) is 59.6 Å². The smallest absolute Gasteiger partial charge is 0.243 e. The third-order valence-electron chi connectivity index (χ3n) is 5.82. The molecule has 7 nitrogen and oxygen atoms in total. The lowest BCUT2D eigenvalue weighted by atomic mass is 10.2. The predicted molar refractivity (Wildman–Crippen MR) is 119 cm³/mol. The number of nitrogens with zero attached hydrogens (tertiary/aromatic N) is 2. The van der Waals surface area contributed by atoms with Crippen molar-refractivity contribution in [2.75, 3.05) is 20.2 Å². The van der Waals surface area contributed by atoms with Gasteiger partial charge in [-0.3, -0.25) is 4.79 Å². The Hall–Kier alpha value is -2.84. The highest BCUT2D eigenvalue weighted by molar-refractivity contribution is 7.89. The van der Waals surface area contributed by atoms with Gasteiger partial charge in [-0.1, -0.05) is 12.1 Å². The quantitative estimate of drug-likeness (QED) is 0.610. The molecule has 0 unspecified atom stereocenters. The number of benzene rings is 2. The standard InChI is InChI=1S/C23H27N3O4S/c1-17(23(27)24-16-18-5-7-20(30-2)8-6-18)26-14-11-19-15-21(9-10-22(19)26)31(28,29)25-12-3-4-13-25/h5-11,14-15,17H,3-4,12-13,16H2,1-2H3,(H,24,27)/t17-/m1/s1. The SMILES string of the molecule is COc1ccc(CNC(=O)[C@@H](C)n2ccc3cc(S(=O)(=O)N4CCCC4)ccc32)cc1. The zero-order valence-electron chi connectivity index (χ0n) is 17.7. The molecule has 4 rings (SSSR count). The second-order valence-corrected chi connectivity index (χ2v) is 9.73. The summed E-state index contributed by atoms with van der Waals surface area (Å²) < 4.78 is 34.2. The van der Waals surface area contributed by atoms with Gasteiger partial charge in [0.2, 0.25) is 15.9 Å². The van der Waals surface area contributed by atoms with Gasteiger partial charge in [0.05, 0.1) is 12.0 Å². The summed E-state index contributed by atoms with van der Waals surface area (Å²) in [6.07, 6.45) is 3.64. The van der Waals surface area contributed by atoms with E-state index >= 15 is 0 Å². The molecule has 0 radical (unpaired) electrons. The van der Waals surface area contributed by atoms with Crippen LogP contribution in [-0.4, -0.2) is 43.4 Å². The van der Waals surface area contributed by atoms with E-state index in [4.69, 9.17) is 4.74 Å². The van der Waals surface area contributed by atoms with E-state index in [-0.39, 0.29) is 5.91 Å². The maximum absolute atomic E-state index is 12.8. The fourth-order valence-electron chi connectivity index (χ4n) is 3.92. The molecular weight excluding hydrogens is 414 g/mol. The minimum Gasteiger partial charge on any atom is -0.497 e. The summed E-state index contributed by atoms with van der Waals surface area (Å²) in [6.45, 7) is 3.40. The summed E-state index contributed by atoms with van der Waals surface area (Å²) in [4.78, 5) is 13.0. The van der Waals surface area contributed by atoms with Gasteiger partial charge in [-0.15, -0.1) is 0 Å². The Labute approximate surface area is 182 Å². The van der Waals surface area contributed by atoms with E-state index < -0.39 is 16.1 Å². The summed E-state index contributed by atoms with van der Waals surface area (Å²) >= 11 is 0. The zero-order chi connectivity index (χ0) is 22.0. The second kappa shape index (κ2) is 8.72. The molecule has 8 heteroatoms. The van der Waals surface area contributed by atoms with Crippen LogP contribution in [0.3, 0.4) is 0 Å². The molecule has 1 N–H and O–H groups in total. The molecule has 3 aromatic rings. The van der Waals surface area contributed by atoms with E-state index in [1.165, 1.54) is 0 Å². The predicted octanol–water partition coefficient (Wildman–Crippen LogP) is 3.31. The Bertz CT molecular complexity index is 1180. The Balaban J connectivity index is 1.48. The second-order valence-electron chi connectivity index (χ2n) is 7.80. The molecule has 2 heterocycles. The molecule has 164 valence electrons. The van der Waals surface area contributed by atoms with Gasteiger partial charge < -0.3 is 14.6 Å². The number of carbonyl (C=O) groups is 1. The van der Waals surface area contributed by atoms with Crippen molar-refractivity contribution in [3.8, 4) is 5.75 Å². The third-order valence-corrected chi connectivity index (χ3v) is 7.71. The van der Waals surface area contributed by atoms with Gasteiger partial charge in [-0.05, 0) is 61.7 Å². The monoisotopic (exact) mass is 441 g/mol. The number of hydrogen-bond donors (Lipinski definition) is 1. The molecule has 31 heavy (non-hydrogen) atoms. The van der Waals surface area contributed by atoms with Gasteiger partial charge >= 0.3 is 0 Å². The molecule has 0 saturated carbocycles. The highest BCUT2D eigenvalue weighted by Crippen LogP contribution is 2.27. The van der Waals surface area contributed by atoms with Gasteiger partial charge in [0.25, 0.3) is 0 Å². The average Bonchev–Trinajstić information content (AvgIpc) is 3.47. The van der Waals surface area contributed by atoms with Crippen molar-refractivity contribution >= 4 is 26.8 Å². The largest absolute Gasteiger partial charge is 0.497 e. The molecule has 1 aliphatic heterocycles. The fraction of sp³-hybridized carbons (Fsp3) is 0.348. The van der Waals surface area contributed by atoms with Crippen LogP contribution in [0.5, 0.6) is 5.75 Å². The van der Waals surface area contributed by atoms with Crippen LogP contribution in [-0.2, 0) is 21.4 Å². The van der Waals surface area contributed by atoms with Crippen LogP contribution < -0.4 is 10.1 Å². The molecule has 0 spiro atoms. The first-order chi connectivity index (χ1) is 14.9. The van der Waals surface area contributed by atoms with Crippen molar-refractivity contribution in [1.82, 2.24) is 14.2 Å². The maximum Gasteiger partial charge on any atom is 0.243 e. The number of hydrogen-bond acceptors (Lipinski definition) is 4. The third kappa shape index (κ3) is 4.31. The van der Waals surface area contributed by atoms with Gasteiger partial charge in [0.15, 0.2) is 0 Å². The van der Waals surface area contributed by atoms with Crippen LogP contribution >= 0.6 is 0 Å². The van der Waals surface area contributed by atoms with Gasteiger partial charge in [-0.25, -0.2) is 8.42 Å². The Morgan fingerprint density at radius 2 is 1.81 bits per heavy atom. The molecule has 1 atom stereocenters. The summed E-state index contributed by atoms with van der Waals surface area (Å²) in [7, 11) is -1.85. The summed E-state index contributed by atoms with van der Waals surface area (Å²) in [5, 5.41) is 3.76. The first-order valence-corrected chi connectivity index (χ1v) is 11.9. The van der Waals surface area contributed by atoms with Crippen molar-refractivity contribution in [3.63, 3.8) is 0 Å². The molecule has 1 saturated heterocycles. The van der Waals surface area contributed by atoms with Crippen LogP contribution in [0.1, 0.15) is 31.4 Å². The topological polar surface area (TPSA) is 80.6 Å². The van der Waals surface area contributed by atoms with Gasteiger partial charge in [0, 0.05) is 36.7 Å². The summed E-state index contributed by atoms with van der Waals surface area (Å²) in [6, 6.07) is 14.1. The van der Waals surface area contributed by atoms with Crippen LogP contribution in [0, 0.1) is 0 Å². The van der Waals surface area contributed by atoms with Crippen LogP contribution in [0.4, 0.5) is 0 Å². The van der Waals surface area contributed by atoms with Crippen molar-refractivity contribution in [2.24, 2.45) is 0 Å². The minimum atomic E-state index is -3.47. The molecule has 1 fully saturated rings. The molecule has 2 aromatic carbocycles. The number of aromatic nitrogens is 1. The number of methoxy groups -OCH3 is 1. The Kier molecular flexibility index (Phi) is 6.02. The van der Waals surface area contributed by atoms with Gasteiger partial charge in [0.1, 0.15) is 11.8 Å². The molecular formula is C23H27N3O4S. The average molecular weight is 442 g/mol. The number of fused-ring (bicyclic) bond motifs is 1. The number of amides is 1. The number of rotatable bonds is 7. The highest BCUT2D eigenvalue weighted by Gasteiger charge is 2.27. The first-order valence-electron chi connectivity index (χ1n) is 10.4. The lowest BCUT2D eigenvalue weighted by Gasteiger charge is -2.17. The molecule has 1 amide bonds. The number of sulfonamides is 1. The first kappa shape index (κ1) is 21.4. The van der Waals surface area contributed by atoms with Crippen molar-refractivity contribution in [3.05, 3.63) is 60.3 Å². The van der Waals surface area contributed by atoms with Crippen molar-refractivity contribution in [1.29, 1.82) is 0 Å². The summed E-state index contributed by atoms with van der Waals surface area (Å²) in [5.41, 5.74) is 1.81. The Morgan fingerprint density at radius 3 is 2.48 bits per heavy atom. The lowest BCUT2D eigenvalue weighted by molar-refractivity contribution is -0.123. The molecule has 0 bridgehead atoms. The molecule has 0 aliphatic carbocycles. The lowest BCUT2D eigenvalue weighted by Crippen LogP contribution is -2.30. The fourth-order valence-corrected chi connectivity index (χ4v) is 5.48. The Morgan fingerprint density at radius 1 is 1.10 bits per heavy atom. The van der Waals surface area contributed by atoms with E-state index in [0.29, 0.717) is 24.5 Å². The van der Waals surface area contributed by atoms with E-state index in [2.05, 4.69) is 5.32 Å². The van der Waals surface area contributed by atoms with Crippen molar-refractivity contribution < 1.29 is 17.9 Å². The minimum absolute atomic E-state index is 0.109. The zero-order valence-corrected chi connectivity index (χ0v) is 18.6. The van der Waals surface area contributed by atoms with E-state index in [1.54, 1.807) is 29.6 Å². The van der Waals surface area contributed by atoms with Gasteiger partial charge in [-0.2, -0.15) is 4.31 Å². The maximum atomic E-state index is 12.8. The normalized spacial score (nSPS) is 15.8. The summed E-state index contributed by atoms with van der Waals surface area (Å²) in [5.74, 6) is 0.662. The highest BCUT2D eigenvalue weighted by atomic mass is 32.2.